The SMILES string of the molecule is CN(CCCN)S(=O)(=O)c1cnn(C)c1. The van der Waals surface area contributed by atoms with Crippen LogP contribution >= 0.6 is 0 Å². The summed E-state index contributed by atoms with van der Waals surface area (Å²) in [5.74, 6) is 0. The van der Waals surface area contributed by atoms with Crippen LogP contribution in [0.3, 0.4) is 0 Å². The Labute approximate surface area is 89.7 Å². The van der Waals surface area contributed by atoms with Crippen molar-refractivity contribution in [3.05, 3.63) is 12.4 Å². The molecular formula is C8H16N4O2S. The molecule has 0 bridgehead atoms. The summed E-state index contributed by atoms with van der Waals surface area (Å²) in [6, 6.07) is 0. The fourth-order valence-electron chi connectivity index (χ4n) is 1.15. The summed E-state index contributed by atoms with van der Waals surface area (Å²) in [6.45, 7) is 0.903. The van der Waals surface area contributed by atoms with E-state index in [0.717, 1.165) is 0 Å². The molecule has 0 atom stereocenters. The highest BCUT2D eigenvalue weighted by molar-refractivity contribution is 7.89. The highest BCUT2D eigenvalue weighted by atomic mass is 32.2. The molecule has 1 aromatic rings. The first kappa shape index (κ1) is 12.2. The Balaban J connectivity index is 2.83. The van der Waals surface area contributed by atoms with E-state index in [1.807, 2.05) is 0 Å². The van der Waals surface area contributed by atoms with Crippen molar-refractivity contribution >= 4 is 10.0 Å². The maximum absolute atomic E-state index is 11.9. The van der Waals surface area contributed by atoms with Crippen LogP contribution in [0.25, 0.3) is 0 Å². The molecule has 0 spiro atoms. The molecule has 0 saturated carbocycles. The van der Waals surface area contributed by atoms with Gasteiger partial charge in [0.1, 0.15) is 4.90 Å². The zero-order valence-electron chi connectivity index (χ0n) is 8.92. The number of aryl methyl sites for hydroxylation is 1. The zero-order valence-corrected chi connectivity index (χ0v) is 9.74. The third-order valence-electron chi connectivity index (χ3n) is 2.07. The monoisotopic (exact) mass is 232 g/mol. The number of sulfonamides is 1. The predicted molar refractivity (Wildman–Crippen MR) is 56.7 cm³/mol. The standard InChI is InChI=1S/C8H16N4O2S/c1-11-7-8(6-10-11)15(13,14)12(2)5-3-4-9/h6-7H,3-5,9H2,1-2H3. The molecule has 7 heteroatoms. The van der Waals surface area contributed by atoms with Crippen molar-refractivity contribution < 1.29 is 8.42 Å². The number of aromatic nitrogens is 2. The van der Waals surface area contributed by atoms with Gasteiger partial charge in [0.2, 0.25) is 10.0 Å². The number of rotatable bonds is 5. The lowest BCUT2D eigenvalue weighted by atomic mass is 10.4. The van der Waals surface area contributed by atoms with Crippen LogP contribution in [0.4, 0.5) is 0 Å². The molecule has 86 valence electrons. The minimum absolute atomic E-state index is 0.213. The van der Waals surface area contributed by atoms with Crippen molar-refractivity contribution in [1.29, 1.82) is 0 Å². The van der Waals surface area contributed by atoms with Crippen LogP contribution in [0.5, 0.6) is 0 Å². The quantitative estimate of drug-likeness (QED) is 0.734. The van der Waals surface area contributed by atoms with Crippen molar-refractivity contribution in [3.63, 3.8) is 0 Å². The first-order chi connectivity index (χ1) is 6.98. The summed E-state index contributed by atoms with van der Waals surface area (Å²) in [7, 11) is -0.177. The van der Waals surface area contributed by atoms with Gasteiger partial charge in [0.05, 0.1) is 6.20 Å². The number of nitrogens with zero attached hydrogens (tertiary/aromatic N) is 3. The van der Waals surface area contributed by atoms with E-state index >= 15 is 0 Å². The summed E-state index contributed by atoms with van der Waals surface area (Å²) in [4.78, 5) is 0.213. The number of hydrogen-bond donors (Lipinski definition) is 1. The molecule has 0 aromatic carbocycles. The fraction of sp³-hybridized carbons (Fsp3) is 0.625. The molecule has 0 amide bonds. The van der Waals surface area contributed by atoms with E-state index in [1.54, 1.807) is 7.05 Å². The molecule has 0 fully saturated rings. The maximum atomic E-state index is 11.9. The Morgan fingerprint density at radius 1 is 1.60 bits per heavy atom. The lowest BCUT2D eigenvalue weighted by Crippen LogP contribution is -2.28. The van der Waals surface area contributed by atoms with Gasteiger partial charge in [-0.2, -0.15) is 5.10 Å². The third-order valence-corrected chi connectivity index (χ3v) is 3.88. The minimum Gasteiger partial charge on any atom is -0.330 e. The summed E-state index contributed by atoms with van der Waals surface area (Å²) < 4.78 is 26.5. The third kappa shape index (κ3) is 2.77. The van der Waals surface area contributed by atoms with E-state index in [2.05, 4.69) is 5.10 Å². The van der Waals surface area contributed by atoms with E-state index in [9.17, 15) is 8.42 Å². The van der Waals surface area contributed by atoms with Crippen LogP contribution in [0, 0.1) is 0 Å². The number of nitrogens with two attached hydrogens (primary N) is 1. The molecule has 0 aliphatic rings. The van der Waals surface area contributed by atoms with Crippen molar-refractivity contribution in [1.82, 2.24) is 14.1 Å². The van der Waals surface area contributed by atoms with Gasteiger partial charge in [0.25, 0.3) is 0 Å². The molecule has 15 heavy (non-hydrogen) atoms. The Hall–Kier alpha value is -0.920. The molecule has 0 radical (unpaired) electrons. The van der Waals surface area contributed by atoms with Crippen molar-refractivity contribution in [2.24, 2.45) is 12.8 Å². The summed E-state index contributed by atoms with van der Waals surface area (Å²) in [5, 5.41) is 3.83. The Kier molecular flexibility index (Phi) is 3.83. The van der Waals surface area contributed by atoms with Gasteiger partial charge in [-0.1, -0.05) is 0 Å². The summed E-state index contributed by atoms with van der Waals surface area (Å²) in [6.07, 6.45) is 3.47. The smallest absolute Gasteiger partial charge is 0.245 e. The van der Waals surface area contributed by atoms with E-state index < -0.39 is 10.0 Å². The predicted octanol–water partition coefficient (Wildman–Crippen LogP) is -0.611. The molecule has 0 unspecified atom stereocenters. The van der Waals surface area contributed by atoms with Crippen LogP contribution < -0.4 is 5.73 Å². The Morgan fingerprint density at radius 3 is 2.73 bits per heavy atom. The Morgan fingerprint density at radius 2 is 2.27 bits per heavy atom. The van der Waals surface area contributed by atoms with Gasteiger partial charge in [0, 0.05) is 26.8 Å². The molecule has 1 rings (SSSR count). The van der Waals surface area contributed by atoms with Crippen LogP contribution in [-0.2, 0) is 17.1 Å². The topological polar surface area (TPSA) is 81.2 Å². The van der Waals surface area contributed by atoms with Gasteiger partial charge < -0.3 is 5.73 Å². The normalized spacial score (nSPS) is 12.3. The van der Waals surface area contributed by atoms with Crippen LogP contribution in [-0.4, -0.2) is 42.6 Å². The highest BCUT2D eigenvalue weighted by Gasteiger charge is 2.21. The molecule has 0 aliphatic heterocycles. The van der Waals surface area contributed by atoms with Crippen LogP contribution in [0.2, 0.25) is 0 Å². The second-order valence-corrected chi connectivity index (χ2v) is 5.36. The van der Waals surface area contributed by atoms with Crippen LogP contribution in [0.15, 0.2) is 17.3 Å². The summed E-state index contributed by atoms with van der Waals surface area (Å²) >= 11 is 0. The minimum atomic E-state index is -3.40. The lowest BCUT2D eigenvalue weighted by Gasteiger charge is -2.14. The van der Waals surface area contributed by atoms with E-state index in [0.29, 0.717) is 19.5 Å². The van der Waals surface area contributed by atoms with Gasteiger partial charge in [0.15, 0.2) is 0 Å². The molecule has 1 aromatic heterocycles. The van der Waals surface area contributed by atoms with Crippen molar-refractivity contribution in [2.45, 2.75) is 11.3 Å². The van der Waals surface area contributed by atoms with Crippen LogP contribution in [0.1, 0.15) is 6.42 Å². The molecule has 6 nitrogen and oxygen atoms in total. The second kappa shape index (κ2) is 4.73. The first-order valence-electron chi connectivity index (χ1n) is 4.63. The van der Waals surface area contributed by atoms with E-state index in [-0.39, 0.29) is 4.90 Å². The summed E-state index contributed by atoms with van der Waals surface area (Å²) in [5.41, 5.74) is 5.32. The fourth-order valence-corrected chi connectivity index (χ4v) is 2.34. The average molecular weight is 232 g/mol. The zero-order chi connectivity index (χ0) is 11.5. The van der Waals surface area contributed by atoms with Crippen molar-refractivity contribution in [3.8, 4) is 0 Å². The molecular weight excluding hydrogens is 216 g/mol. The van der Waals surface area contributed by atoms with E-state index in [4.69, 9.17) is 5.73 Å². The average Bonchev–Trinajstić information content (AvgIpc) is 2.61. The van der Waals surface area contributed by atoms with E-state index in [1.165, 1.54) is 28.4 Å². The first-order valence-corrected chi connectivity index (χ1v) is 6.07. The number of hydrogen-bond acceptors (Lipinski definition) is 4. The van der Waals surface area contributed by atoms with Crippen molar-refractivity contribution in [2.75, 3.05) is 20.1 Å². The molecule has 1 heterocycles. The van der Waals surface area contributed by atoms with Gasteiger partial charge in [-0.05, 0) is 13.0 Å². The highest BCUT2D eigenvalue weighted by Crippen LogP contribution is 2.12. The lowest BCUT2D eigenvalue weighted by molar-refractivity contribution is 0.463. The van der Waals surface area contributed by atoms with Gasteiger partial charge in [-0.15, -0.1) is 0 Å². The Bertz CT molecular complexity index is 412. The van der Waals surface area contributed by atoms with Gasteiger partial charge in [-0.25, -0.2) is 12.7 Å². The van der Waals surface area contributed by atoms with Gasteiger partial charge in [-0.3, -0.25) is 4.68 Å². The molecule has 0 aliphatic carbocycles. The second-order valence-electron chi connectivity index (χ2n) is 3.32. The molecule has 0 saturated heterocycles. The maximum Gasteiger partial charge on any atom is 0.245 e. The largest absolute Gasteiger partial charge is 0.330 e. The van der Waals surface area contributed by atoms with Gasteiger partial charge >= 0.3 is 0 Å². The molecule has 2 N–H and O–H groups in total.